The van der Waals surface area contributed by atoms with Crippen LogP contribution in [0.15, 0.2) is 24.3 Å². The first-order valence-corrected chi connectivity index (χ1v) is 8.30. The van der Waals surface area contributed by atoms with E-state index in [1.165, 1.54) is 0 Å². The fraction of sp³-hybridized carbons (Fsp3) is 0.412. The molecule has 2 aromatic rings. The molecular formula is C17H21ClN4O2. The normalized spacial score (nSPS) is 15.5. The smallest absolute Gasteiger partial charge is 0.274 e. The zero-order valence-corrected chi connectivity index (χ0v) is 14.6. The number of carbonyl (C=O) groups is 1. The van der Waals surface area contributed by atoms with Crippen molar-refractivity contribution in [1.29, 1.82) is 0 Å². The maximum atomic E-state index is 12.4. The van der Waals surface area contributed by atoms with E-state index in [1.54, 1.807) is 13.2 Å². The number of aromatic nitrogens is 2. The number of H-pyrrole nitrogens is 1. The van der Waals surface area contributed by atoms with Crippen LogP contribution in [-0.2, 0) is 6.54 Å². The van der Waals surface area contributed by atoms with Gasteiger partial charge >= 0.3 is 0 Å². The van der Waals surface area contributed by atoms with Gasteiger partial charge in [-0.1, -0.05) is 11.6 Å². The van der Waals surface area contributed by atoms with Crippen LogP contribution >= 0.6 is 11.6 Å². The number of benzene rings is 1. The average molecular weight is 349 g/mol. The van der Waals surface area contributed by atoms with E-state index < -0.39 is 0 Å². The van der Waals surface area contributed by atoms with Crippen LogP contribution in [0.3, 0.4) is 0 Å². The maximum Gasteiger partial charge on any atom is 0.274 e. The molecule has 7 heteroatoms. The van der Waals surface area contributed by atoms with Crippen molar-refractivity contribution in [1.82, 2.24) is 20.0 Å². The fourth-order valence-electron chi connectivity index (χ4n) is 2.91. The lowest BCUT2D eigenvalue weighted by Crippen LogP contribution is -2.48. The van der Waals surface area contributed by atoms with Gasteiger partial charge in [-0.05, 0) is 31.2 Å². The summed E-state index contributed by atoms with van der Waals surface area (Å²) < 4.78 is 5.40. The van der Waals surface area contributed by atoms with Crippen LogP contribution in [0, 0.1) is 6.92 Å². The van der Waals surface area contributed by atoms with E-state index in [-0.39, 0.29) is 5.91 Å². The van der Waals surface area contributed by atoms with E-state index in [1.807, 2.05) is 30.0 Å². The van der Waals surface area contributed by atoms with Crippen LogP contribution in [0.5, 0.6) is 5.75 Å². The molecule has 0 saturated carbocycles. The molecule has 0 spiro atoms. The van der Waals surface area contributed by atoms with E-state index in [0.29, 0.717) is 23.8 Å². The van der Waals surface area contributed by atoms with Gasteiger partial charge in [0.15, 0.2) is 0 Å². The van der Waals surface area contributed by atoms with Crippen LogP contribution < -0.4 is 4.74 Å². The number of aryl methyl sites for hydroxylation is 1. The molecular weight excluding hydrogens is 328 g/mol. The number of nitrogens with zero attached hydrogens (tertiary/aromatic N) is 3. The molecule has 0 unspecified atom stereocenters. The maximum absolute atomic E-state index is 12.4. The van der Waals surface area contributed by atoms with E-state index in [0.717, 1.165) is 36.6 Å². The van der Waals surface area contributed by atoms with Gasteiger partial charge in [0.05, 0.1) is 7.11 Å². The minimum absolute atomic E-state index is 0.0145. The highest BCUT2D eigenvalue weighted by molar-refractivity contribution is 6.30. The molecule has 1 aliphatic rings. The quantitative estimate of drug-likeness (QED) is 0.921. The highest BCUT2D eigenvalue weighted by Gasteiger charge is 2.24. The van der Waals surface area contributed by atoms with Gasteiger partial charge in [0.2, 0.25) is 0 Å². The van der Waals surface area contributed by atoms with Gasteiger partial charge in [0.25, 0.3) is 5.91 Å². The first-order chi connectivity index (χ1) is 11.6. The predicted octanol–water partition coefficient (Wildman–Crippen LogP) is 2.34. The van der Waals surface area contributed by atoms with Crippen molar-refractivity contribution in [2.75, 3.05) is 33.3 Å². The number of piperazine rings is 1. The van der Waals surface area contributed by atoms with Crippen LogP contribution in [0.2, 0.25) is 5.02 Å². The van der Waals surface area contributed by atoms with E-state index in [9.17, 15) is 4.79 Å². The summed E-state index contributed by atoms with van der Waals surface area (Å²) in [5, 5.41) is 7.57. The summed E-state index contributed by atoms with van der Waals surface area (Å²) in [6.45, 7) is 5.64. The lowest BCUT2D eigenvalue weighted by atomic mass is 10.1. The summed E-state index contributed by atoms with van der Waals surface area (Å²) in [5.74, 6) is 0.823. The molecule has 1 fully saturated rings. The van der Waals surface area contributed by atoms with Gasteiger partial charge in [0.1, 0.15) is 11.4 Å². The number of carbonyl (C=O) groups excluding carboxylic acids is 1. The summed E-state index contributed by atoms with van der Waals surface area (Å²) in [4.78, 5) is 16.6. The van der Waals surface area contributed by atoms with Crippen molar-refractivity contribution in [2.24, 2.45) is 0 Å². The molecule has 1 amide bonds. The Morgan fingerprint density at radius 1 is 1.29 bits per heavy atom. The van der Waals surface area contributed by atoms with Crippen molar-refractivity contribution >= 4 is 17.5 Å². The van der Waals surface area contributed by atoms with Gasteiger partial charge in [-0.25, -0.2) is 0 Å². The molecule has 0 atom stereocenters. The molecule has 24 heavy (non-hydrogen) atoms. The second-order valence-electron chi connectivity index (χ2n) is 5.96. The minimum Gasteiger partial charge on any atom is -0.496 e. The largest absolute Gasteiger partial charge is 0.496 e. The first-order valence-electron chi connectivity index (χ1n) is 7.93. The fourth-order valence-corrected chi connectivity index (χ4v) is 3.10. The SMILES string of the molecule is COc1ccc(Cl)cc1CN1CCN(C(=O)c2cc(C)[nH]n2)CC1. The Morgan fingerprint density at radius 3 is 2.67 bits per heavy atom. The van der Waals surface area contributed by atoms with Crippen molar-refractivity contribution in [3.63, 3.8) is 0 Å². The van der Waals surface area contributed by atoms with Gasteiger partial charge in [-0.3, -0.25) is 14.8 Å². The third-order valence-corrected chi connectivity index (χ3v) is 4.46. The first kappa shape index (κ1) is 16.8. The summed E-state index contributed by atoms with van der Waals surface area (Å²) in [6.07, 6.45) is 0. The standard InChI is InChI=1S/C17H21ClN4O2/c1-12-9-15(20-19-12)17(23)22-7-5-21(6-8-22)11-13-10-14(18)3-4-16(13)24-2/h3-4,9-10H,5-8,11H2,1-2H3,(H,19,20). The van der Waals surface area contributed by atoms with Crippen molar-refractivity contribution < 1.29 is 9.53 Å². The lowest BCUT2D eigenvalue weighted by molar-refractivity contribution is 0.0621. The molecule has 1 aromatic carbocycles. The monoisotopic (exact) mass is 348 g/mol. The minimum atomic E-state index is -0.0145. The summed E-state index contributed by atoms with van der Waals surface area (Å²) in [6, 6.07) is 7.43. The molecule has 1 N–H and O–H groups in total. The number of rotatable bonds is 4. The molecule has 6 nitrogen and oxygen atoms in total. The van der Waals surface area contributed by atoms with E-state index in [4.69, 9.17) is 16.3 Å². The highest BCUT2D eigenvalue weighted by atomic mass is 35.5. The number of amides is 1. The van der Waals surface area contributed by atoms with Crippen LogP contribution in [0.4, 0.5) is 0 Å². The van der Waals surface area contributed by atoms with Crippen LogP contribution in [0.1, 0.15) is 21.7 Å². The Balaban J connectivity index is 1.59. The molecule has 1 saturated heterocycles. The Hall–Kier alpha value is -2.05. The Kier molecular flexibility index (Phi) is 5.06. The Labute approximate surface area is 146 Å². The number of hydrogen-bond donors (Lipinski definition) is 1. The Morgan fingerprint density at radius 2 is 2.04 bits per heavy atom. The predicted molar refractivity (Wildman–Crippen MR) is 92.5 cm³/mol. The van der Waals surface area contributed by atoms with Crippen LogP contribution in [-0.4, -0.2) is 59.2 Å². The summed E-state index contributed by atoms with van der Waals surface area (Å²) >= 11 is 6.09. The van der Waals surface area contributed by atoms with Crippen molar-refractivity contribution in [3.8, 4) is 5.75 Å². The zero-order chi connectivity index (χ0) is 17.1. The molecule has 0 aliphatic carbocycles. The average Bonchev–Trinajstić information content (AvgIpc) is 3.02. The number of ether oxygens (including phenoxy) is 1. The number of aromatic amines is 1. The number of hydrogen-bond acceptors (Lipinski definition) is 4. The second-order valence-corrected chi connectivity index (χ2v) is 6.40. The third-order valence-electron chi connectivity index (χ3n) is 4.22. The van der Waals surface area contributed by atoms with Gasteiger partial charge in [0, 0.05) is 49.0 Å². The zero-order valence-electron chi connectivity index (χ0n) is 13.9. The number of halogens is 1. The third kappa shape index (κ3) is 3.71. The van der Waals surface area contributed by atoms with E-state index in [2.05, 4.69) is 15.1 Å². The number of methoxy groups -OCH3 is 1. The van der Waals surface area contributed by atoms with Crippen LogP contribution in [0.25, 0.3) is 0 Å². The van der Waals surface area contributed by atoms with Crippen molar-refractivity contribution in [3.05, 3.63) is 46.2 Å². The summed E-state index contributed by atoms with van der Waals surface area (Å²) in [7, 11) is 1.66. The molecule has 128 valence electrons. The lowest BCUT2D eigenvalue weighted by Gasteiger charge is -2.34. The molecule has 0 radical (unpaired) electrons. The molecule has 1 aromatic heterocycles. The van der Waals surface area contributed by atoms with E-state index >= 15 is 0 Å². The molecule has 2 heterocycles. The van der Waals surface area contributed by atoms with Gasteiger partial charge < -0.3 is 9.64 Å². The second kappa shape index (κ2) is 7.23. The van der Waals surface area contributed by atoms with Gasteiger partial charge in [-0.2, -0.15) is 5.10 Å². The topological polar surface area (TPSA) is 61.5 Å². The molecule has 0 bridgehead atoms. The Bertz CT molecular complexity index is 723. The van der Waals surface area contributed by atoms with Crippen molar-refractivity contribution in [2.45, 2.75) is 13.5 Å². The molecule has 3 rings (SSSR count). The van der Waals surface area contributed by atoms with Gasteiger partial charge in [-0.15, -0.1) is 0 Å². The highest BCUT2D eigenvalue weighted by Crippen LogP contribution is 2.24. The molecule has 1 aliphatic heterocycles. The number of nitrogens with one attached hydrogen (secondary N) is 1. The summed E-state index contributed by atoms with van der Waals surface area (Å²) in [5.41, 5.74) is 2.44.